The molecule has 0 radical (unpaired) electrons. The van der Waals surface area contributed by atoms with E-state index in [1.54, 1.807) is 12.1 Å². The van der Waals surface area contributed by atoms with Crippen molar-refractivity contribution in [3.05, 3.63) is 40.1 Å². The number of rotatable bonds is 5. The summed E-state index contributed by atoms with van der Waals surface area (Å²) in [5.74, 6) is -1.09. The zero-order chi connectivity index (χ0) is 17.0. The Bertz CT molecular complexity index is 724. The van der Waals surface area contributed by atoms with E-state index in [0.29, 0.717) is 10.7 Å². The average Bonchev–Trinajstić information content (AvgIpc) is 2.85. The number of amides is 1. The highest BCUT2D eigenvalue weighted by molar-refractivity contribution is 6.30. The summed E-state index contributed by atoms with van der Waals surface area (Å²) in [5.41, 5.74) is 0.768. The predicted octanol–water partition coefficient (Wildman–Crippen LogP) is 0.885. The van der Waals surface area contributed by atoms with Gasteiger partial charge in [-0.05, 0) is 18.2 Å². The molecule has 0 atom stereocenters. The van der Waals surface area contributed by atoms with Crippen molar-refractivity contribution >= 4 is 29.2 Å². The zero-order valence-corrected chi connectivity index (χ0v) is 13.1. The third-order valence-corrected chi connectivity index (χ3v) is 3.55. The van der Waals surface area contributed by atoms with Crippen LogP contribution < -0.4 is 5.32 Å². The minimum absolute atomic E-state index is 0.0316. The van der Waals surface area contributed by atoms with Crippen molar-refractivity contribution in [1.29, 1.82) is 5.26 Å². The Morgan fingerprint density at radius 2 is 2.30 bits per heavy atom. The molecule has 0 aliphatic carbocycles. The van der Waals surface area contributed by atoms with Crippen LogP contribution in [0.4, 0.5) is 5.69 Å². The van der Waals surface area contributed by atoms with E-state index in [1.807, 2.05) is 6.07 Å². The lowest BCUT2D eigenvalue weighted by Gasteiger charge is -2.15. The molecule has 0 spiro atoms. The molecule has 1 heterocycles. The molecule has 0 aromatic heterocycles. The molecule has 1 aromatic rings. The van der Waals surface area contributed by atoms with E-state index >= 15 is 0 Å². The number of hydrogen-bond donors (Lipinski definition) is 2. The summed E-state index contributed by atoms with van der Waals surface area (Å²) in [7, 11) is 1.22. The molecular weight excluding hydrogens is 322 g/mol. The number of anilines is 1. The van der Waals surface area contributed by atoms with E-state index in [0.717, 1.165) is 0 Å². The van der Waals surface area contributed by atoms with Crippen molar-refractivity contribution < 1.29 is 19.4 Å². The summed E-state index contributed by atoms with van der Waals surface area (Å²) >= 11 is 5.84. The Morgan fingerprint density at radius 1 is 1.57 bits per heavy atom. The fourth-order valence-corrected chi connectivity index (χ4v) is 2.37. The minimum atomic E-state index is -0.645. The number of hydrogen-bond acceptors (Lipinski definition) is 6. The van der Waals surface area contributed by atoms with Crippen molar-refractivity contribution in [3.8, 4) is 6.07 Å². The van der Waals surface area contributed by atoms with Crippen LogP contribution in [0, 0.1) is 11.3 Å². The second kappa shape index (κ2) is 7.13. The van der Waals surface area contributed by atoms with Crippen LogP contribution in [0.15, 0.2) is 29.5 Å². The zero-order valence-electron chi connectivity index (χ0n) is 12.3. The predicted molar refractivity (Wildman–Crippen MR) is 82.5 cm³/mol. The van der Waals surface area contributed by atoms with Gasteiger partial charge >= 0.3 is 5.97 Å². The lowest BCUT2D eigenvalue weighted by Crippen LogP contribution is -2.31. The Kier molecular flexibility index (Phi) is 5.21. The number of methoxy groups -OCH3 is 1. The number of carbonyl (C=O) groups excluding carboxylic acids is 2. The SMILES string of the molecule is COC(=O)C1=C(Nc2ccc(Cl)cc2C#N)C(=O)N(CCO)C1. The number of halogens is 1. The van der Waals surface area contributed by atoms with Gasteiger partial charge in [0.1, 0.15) is 11.8 Å². The number of aliphatic hydroxyl groups is 1. The van der Waals surface area contributed by atoms with Gasteiger partial charge in [0.2, 0.25) is 0 Å². The third kappa shape index (κ3) is 3.44. The largest absolute Gasteiger partial charge is 0.466 e. The monoisotopic (exact) mass is 335 g/mol. The highest BCUT2D eigenvalue weighted by Gasteiger charge is 2.34. The molecule has 1 aliphatic heterocycles. The summed E-state index contributed by atoms with van der Waals surface area (Å²) in [5, 5.41) is 21.4. The van der Waals surface area contributed by atoms with Gasteiger partial charge in [-0.15, -0.1) is 0 Å². The van der Waals surface area contributed by atoms with Crippen LogP contribution in [-0.4, -0.2) is 48.7 Å². The van der Waals surface area contributed by atoms with Gasteiger partial charge in [0.25, 0.3) is 5.91 Å². The number of nitrogens with zero attached hydrogens (tertiary/aromatic N) is 2. The lowest BCUT2D eigenvalue weighted by atomic mass is 10.1. The minimum Gasteiger partial charge on any atom is -0.466 e. The van der Waals surface area contributed by atoms with Crippen LogP contribution in [0.3, 0.4) is 0 Å². The molecule has 1 amide bonds. The van der Waals surface area contributed by atoms with E-state index in [1.165, 1.54) is 18.1 Å². The highest BCUT2D eigenvalue weighted by atomic mass is 35.5. The average molecular weight is 336 g/mol. The Hall–Kier alpha value is -2.56. The fraction of sp³-hybridized carbons (Fsp3) is 0.267. The van der Waals surface area contributed by atoms with Crippen LogP contribution in [-0.2, 0) is 14.3 Å². The van der Waals surface area contributed by atoms with E-state index in [2.05, 4.69) is 10.1 Å². The number of benzene rings is 1. The van der Waals surface area contributed by atoms with Crippen molar-refractivity contribution in [1.82, 2.24) is 4.90 Å². The molecule has 8 heteroatoms. The van der Waals surface area contributed by atoms with Gasteiger partial charge in [0.05, 0.1) is 37.1 Å². The van der Waals surface area contributed by atoms with Gasteiger partial charge in [0.15, 0.2) is 0 Å². The maximum absolute atomic E-state index is 12.4. The second-order valence-electron chi connectivity index (χ2n) is 4.72. The number of aliphatic hydroxyl groups excluding tert-OH is 1. The van der Waals surface area contributed by atoms with Crippen molar-refractivity contribution in [2.24, 2.45) is 0 Å². The second-order valence-corrected chi connectivity index (χ2v) is 5.16. The molecule has 0 unspecified atom stereocenters. The van der Waals surface area contributed by atoms with Gasteiger partial charge < -0.3 is 20.1 Å². The molecule has 2 N–H and O–H groups in total. The summed E-state index contributed by atoms with van der Waals surface area (Å²) in [4.78, 5) is 25.6. The van der Waals surface area contributed by atoms with Crippen molar-refractivity contribution in [2.45, 2.75) is 0 Å². The van der Waals surface area contributed by atoms with Gasteiger partial charge in [-0.2, -0.15) is 5.26 Å². The number of nitriles is 1. The first-order chi connectivity index (χ1) is 11.0. The molecule has 2 rings (SSSR count). The highest BCUT2D eigenvalue weighted by Crippen LogP contribution is 2.26. The summed E-state index contributed by atoms with van der Waals surface area (Å²) in [6.07, 6.45) is 0. The first kappa shape index (κ1) is 16.8. The van der Waals surface area contributed by atoms with Crippen LogP contribution in [0.2, 0.25) is 5.02 Å². The first-order valence-electron chi connectivity index (χ1n) is 6.70. The molecule has 0 saturated heterocycles. The van der Waals surface area contributed by atoms with Gasteiger partial charge in [-0.3, -0.25) is 4.79 Å². The molecule has 0 fully saturated rings. The van der Waals surface area contributed by atoms with Gasteiger partial charge in [0, 0.05) is 11.6 Å². The van der Waals surface area contributed by atoms with Crippen LogP contribution in [0.25, 0.3) is 0 Å². The van der Waals surface area contributed by atoms with E-state index in [-0.39, 0.29) is 36.5 Å². The fourth-order valence-electron chi connectivity index (χ4n) is 2.20. The third-order valence-electron chi connectivity index (χ3n) is 3.32. The molecular formula is C15H14ClN3O4. The van der Waals surface area contributed by atoms with Crippen molar-refractivity contribution in [3.63, 3.8) is 0 Å². The number of ether oxygens (including phenoxy) is 1. The molecule has 0 saturated carbocycles. The van der Waals surface area contributed by atoms with Crippen molar-refractivity contribution in [2.75, 3.05) is 32.1 Å². The molecule has 120 valence electrons. The molecule has 1 aromatic carbocycles. The topological polar surface area (TPSA) is 103 Å². The number of β-amino-alcohol motifs (C(OH)–C–C–N with tert-alkyl or cyclic N) is 1. The van der Waals surface area contributed by atoms with E-state index in [4.69, 9.17) is 22.0 Å². The Labute approximate surface area is 137 Å². The normalized spacial score (nSPS) is 14.0. The van der Waals surface area contributed by atoms with E-state index in [9.17, 15) is 9.59 Å². The maximum atomic E-state index is 12.4. The first-order valence-corrected chi connectivity index (χ1v) is 7.08. The molecule has 0 bridgehead atoms. The smallest absolute Gasteiger partial charge is 0.337 e. The maximum Gasteiger partial charge on any atom is 0.337 e. The van der Waals surface area contributed by atoms with Gasteiger partial charge in [-0.1, -0.05) is 11.6 Å². The van der Waals surface area contributed by atoms with E-state index < -0.39 is 11.9 Å². The summed E-state index contributed by atoms with van der Waals surface area (Å²) < 4.78 is 4.69. The molecule has 1 aliphatic rings. The quantitative estimate of drug-likeness (QED) is 0.774. The Morgan fingerprint density at radius 3 is 2.91 bits per heavy atom. The standard InChI is InChI=1S/C15H14ClN3O4/c1-23-15(22)11-8-19(4-5-20)14(21)13(11)18-12-3-2-10(16)6-9(12)7-17/h2-3,6,18,20H,4-5,8H2,1H3. The van der Waals surface area contributed by atoms with Crippen LogP contribution in [0.5, 0.6) is 0 Å². The number of esters is 1. The summed E-state index contributed by atoms with van der Waals surface area (Å²) in [6, 6.07) is 6.53. The van der Waals surface area contributed by atoms with Crippen LogP contribution >= 0.6 is 11.6 Å². The molecule has 7 nitrogen and oxygen atoms in total. The number of carbonyl (C=O) groups is 2. The van der Waals surface area contributed by atoms with Gasteiger partial charge in [-0.25, -0.2) is 4.79 Å². The Balaban J connectivity index is 2.39. The molecule has 23 heavy (non-hydrogen) atoms. The lowest BCUT2D eigenvalue weighted by molar-refractivity contribution is -0.136. The number of nitrogens with one attached hydrogen (secondary N) is 1. The summed E-state index contributed by atoms with van der Waals surface area (Å²) in [6.45, 7) is -0.0992. The van der Waals surface area contributed by atoms with Crippen LogP contribution in [0.1, 0.15) is 5.56 Å².